The van der Waals surface area contributed by atoms with Gasteiger partial charge in [-0.15, -0.1) is 0 Å². The molecule has 1 fully saturated rings. The number of hydrogen-bond acceptors (Lipinski definition) is 9. The summed E-state index contributed by atoms with van der Waals surface area (Å²) in [6.45, 7) is -0.470. The van der Waals surface area contributed by atoms with Gasteiger partial charge in [0.25, 0.3) is 5.56 Å². The number of carbonyl (C=O) groups is 1. The second-order valence-corrected chi connectivity index (χ2v) is 7.41. The molecule has 0 bridgehead atoms. The highest BCUT2D eigenvalue weighted by Crippen LogP contribution is 2.30. The maximum Gasteiger partial charge on any atom is 0.407 e. The summed E-state index contributed by atoms with van der Waals surface area (Å²) in [5, 5.41) is 22.6. The highest BCUT2D eigenvalue weighted by atomic mass is 16.6. The standard InChI is InChI=1S/C21H27N3O9/c1-30-11-14(22-21(29)32-10-13-5-3-2-4-6-13)12-31-18-17(27)15(9-25)33-19(18)24-8-7-16(26)23-20(24)28/h2-8,14-15,17-19,25,27H,9-12H2,1H3,(H,22,29)(H,23,26,28)/t14?,15-,17?,18?,19-/m1/s1. The third-order valence-electron chi connectivity index (χ3n) is 5.01. The van der Waals surface area contributed by atoms with Gasteiger partial charge in [0, 0.05) is 19.4 Å². The van der Waals surface area contributed by atoms with Crippen molar-refractivity contribution >= 4 is 6.09 Å². The number of ether oxygens (including phenoxy) is 4. The summed E-state index contributed by atoms with van der Waals surface area (Å²) in [5.41, 5.74) is -0.532. The van der Waals surface area contributed by atoms with Crippen molar-refractivity contribution in [2.24, 2.45) is 0 Å². The van der Waals surface area contributed by atoms with E-state index in [9.17, 15) is 24.6 Å². The van der Waals surface area contributed by atoms with E-state index in [1.165, 1.54) is 13.3 Å². The molecular weight excluding hydrogens is 438 g/mol. The molecular formula is C21H27N3O9. The average Bonchev–Trinajstić information content (AvgIpc) is 3.12. The predicted octanol–water partition coefficient (Wildman–Crippen LogP) is -0.886. The number of aromatic amines is 1. The minimum absolute atomic E-state index is 0.0802. The topological polar surface area (TPSA) is 161 Å². The number of aliphatic hydroxyl groups excluding tert-OH is 2. The summed E-state index contributed by atoms with van der Waals surface area (Å²) >= 11 is 0. The quantitative estimate of drug-likeness (QED) is 0.349. The first-order chi connectivity index (χ1) is 15.9. The zero-order valence-corrected chi connectivity index (χ0v) is 18.0. The number of amides is 1. The Morgan fingerprint density at radius 2 is 2.00 bits per heavy atom. The van der Waals surface area contributed by atoms with Crippen LogP contribution in [0.4, 0.5) is 4.79 Å². The number of nitrogens with one attached hydrogen (secondary N) is 2. The van der Waals surface area contributed by atoms with Crippen molar-refractivity contribution in [3.8, 4) is 0 Å². The minimum Gasteiger partial charge on any atom is -0.445 e. The minimum atomic E-state index is -1.27. The van der Waals surface area contributed by atoms with E-state index in [1.807, 2.05) is 30.3 Å². The predicted molar refractivity (Wildman–Crippen MR) is 113 cm³/mol. The fraction of sp³-hybridized carbons (Fsp3) is 0.476. The largest absolute Gasteiger partial charge is 0.445 e. The molecule has 2 aromatic rings. The van der Waals surface area contributed by atoms with E-state index in [0.29, 0.717) is 0 Å². The van der Waals surface area contributed by atoms with Gasteiger partial charge in [-0.1, -0.05) is 30.3 Å². The number of benzene rings is 1. The number of alkyl carbamates (subject to hydrolysis) is 1. The molecule has 0 saturated carbocycles. The van der Waals surface area contributed by atoms with Crippen LogP contribution in [0.25, 0.3) is 0 Å². The number of nitrogens with zero attached hydrogens (tertiary/aromatic N) is 1. The maximum absolute atomic E-state index is 12.2. The molecule has 1 aromatic heterocycles. The fourth-order valence-electron chi connectivity index (χ4n) is 3.39. The van der Waals surface area contributed by atoms with Gasteiger partial charge < -0.3 is 34.5 Å². The lowest BCUT2D eigenvalue weighted by molar-refractivity contribution is -0.0809. The van der Waals surface area contributed by atoms with Gasteiger partial charge >= 0.3 is 11.8 Å². The monoisotopic (exact) mass is 465 g/mol. The van der Waals surface area contributed by atoms with Crippen molar-refractivity contribution in [2.75, 3.05) is 26.9 Å². The lowest BCUT2D eigenvalue weighted by atomic mass is 10.1. The van der Waals surface area contributed by atoms with Crippen molar-refractivity contribution in [1.82, 2.24) is 14.9 Å². The van der Waals surface area contributed by atoms with E-state index in [-0.39, 0.29) is 19.8 Å². The SMILES string of the molecule is COCC(COC1C(O)[C@@H](CO)O[C@H]1n1ccc(=O)[nH]c1=O)NC(=O)OCc1ccccc1. The summed E-state index contributed by atoms with van der Waals surface area (Å²) in [7, 11) is 1.45. The van der Waals surface area contributed by atoms with Crippen LogP contribution in [0.1, 0.15) is 11.8 Å². The molecule has 0 radical (unpaired) electrons. The molecule has 180 valence electrons. The van der Waals surface area contributed by atoms with Crippen LogP contribution >= 0.6 is 0 Å². The highest BCUT2D eigenvalue weighted by molar-refractivity contribution is 5.67. The molecule has 1 aliphatic rings. The normalized spacial score (nSPS) is 23.2. The molecule has 1 amide bonds. The van der Waals surface area contributed by atoms with Crippen LogP contribution in [0.15, 0.2) is 52.2 Å². The molecule has 1 aromatic carbocycles. The molecule has 5 atom stereocenters. The molecule has 12 nitrogen and oxygen atoms in total. The van der Waals surface area contributed by atoms with Gasteiger partial charge in [0.1, 0.15) is 24.9 Å². The van der Waals surface area contributed by atoms with Gasteiger partial charge in [-0.25, -0.2) is 9.59 Å². The lowest BCUT2D eigenvalue weighted by Crippen LogP contribution is -2.45. The Kier molecular flexibility index (Phi) is 8.74. The first-order valence-corrected chi connectivity index (χ1v) is 10.3. The number of methoxy groups -OCH3 is 1. The van der Waals surface area contributed by atoms with E-state index in [1.54, 1.807) is 0 Å². The molecule has 1 saturated heterocycles. The first kappa shape index (κ1) is 24.6. The number of hydrogen-bond donors (Lipinski definition) is 4. The summed E-state index contributed by atoms with van der Waals surface area (Å²) < 4.78 is 22.7. The summed E-state index contributed by atoms with van der Waals surface area (Å²) in [6.07, 6.45) is -3.95. The van der Waals surface area contributed by atoms with Gasteiger partial charge in [0.15, 0.2) is 6.23 Å². The maximum atomic E-state index is 12.2. The number of H-pyrrole nitrogens is 1. The van der Waals surface area contributed by atoms with Crippen LogP contribution in [-0.4, -0.2) is 77.1 Å². The van der Waals surface area contributed by atoms with Crippen LogP contribution in [0.3, 0.4) is 0 Å². The van der Waals surface area contributed by atoms with Crippen LogP contribution in [-0.2, 0) is 25.6 Å². The van der Waals surface area contributed by atoms with Crippen molar-refractivity contribution in [1.29, 1.82) is 0 Å². The molecule has 3 unspecified atom stereocenters. The van der Waals surface area contributed by atoms with E-state index in [2.05, 4.69) is 10.3 Å². The van der Waals surface area contributed by atoms with Crippen LogP contribution in [0, 0.1) is 0 Å². The molecule has 0 aliphatic carbocycles. The van der Waals surface area contributed by atoms with Gasteiger partial charge in [0.2, 0.25) is 0 Å². The van der Waals surface area contributed by atoms with Gasteiger partial charge in [0.05, 0.1) is 25.9 Å². The molecule has 12 heteroatoms. The zero-order valence-electron chi connectivity index (χ0n) is 18.0. The molecule has 0 spiro atoms. The zero-order chi connectivity index (χ0) is 23.8. The summed E-state index contributed by atoms with van der Waals surface area (Å²) in [5.74, 6) is 0. The third-order valence-corrected chi connectivity index (χ3v) is 5.01. The van der Waals surface area contributed by atoms with Crippen LogP contribution < -0.4 is 16.6 Å². The molecule has 33 heavy (non-hydrogen) atoms. The number of carbonyl (C=O) groups excluding carboxylic acids is 1. The lowest BCUT2D eigenvalue weighted by Gasteiger charge is -2.25. The molecule has 2 heterocycles. The number of rotatable bonds is 10. The van der Waals surface area contributed by atoms with E-state index in [4.69, 9.17) is 18.9 Å². The Labute approximate surface area is 188 Å². The van der Waals surface area contributed by atoms with E-state index < -0.39 is 54.5 Å². The second-order valence-electron chi connectivity index (χ2n) is 7.41. The Hall–Kier alpha value is -3.03. The van der Waals surface area contributed by atoms with Crippen LogP contribution in [0.5, 0.6) is 0 Å². The van der Waals surface area contributed by atoms with Gasteiger partial charge in [-0.05, 0) is 5.56 Å². The summed E-state index contributed by atoms with van der Waals surface area (Å²) in [4.78, 5) is 37.8. The fourth-order valence-corrected chi connectivity index (χ4v) is 3.39. The van der Waals surface area contributed by atoms with Crippen molar-refractivity contribution in [2.45, 2.75) is 37.2 Å². The highest BCUT2D eigenvalue weighted by Gasteiger charge is 2.46. The van der Waals surface area contributed by atoms with Crippen molar-refractivity contribution < 1.29 is 34.0 Å². The first-order valence-electron chi connectivity index (χ1n) is 10.3. The smallest absolute Gasteiger partial charge is 0.407 e. The van der Waals surface area contributed by atoms with Gasteiger partial charge in [-0.2, -0.15) is 0 Å². The average molecular weight is 465 g/mol. The number of aliphatic hydroxyl groups is 2. The Bertz CT molecular complexity index is 1010. The Balaban J connectivity index is 1.64. The van der Waals surface area contributed by atoms with Crippen molar-refractivity contribution in [3.05, 3.63) is 69.0 Å². The van der Waals surface area contributed by atoms with E-state index in [0.717, 1.165) is 16.2 Å². The Morgan fingerprint density at radius 1 is 1.24 bits per heavy atom. The third kappa shape index (κ3) is 6.49. The second kappa shape index (κ2) is 11.7. The van der Waals surface area contributed by atoms with Crippen LogP contribution in [0.2, 0.25) is 0 Å². The molecule has 1 aliphatic heterocycles. The number of aromatic nitrogens is 2. The van der Waals surface area contributed by atoms with Crippen molar-refractivity contribution in [3.63, 3.8) is 0 Å². The summed E-state index contributed by atoms with van der Waals surface area (Å²) in [6, 6.07) is 9.63. The molecule has 4 N–H and O–H groups in total. The Morgan fingerprint density at radius 3 is 2.67 bits per heavy atom. The van der Waals surface area contributed by atoms with E-state index >= 15 is 0 Å². The van der Waals surface area contributed by atoms with Gasteiger partial charge in [-0.3, -0.25) is 14.3 Å². The molecule has 3 rings (SSSR count).